The van der Waals surface area contributed by atoms with Crippen LogP contribution in [0.4, 0.5) is 5.82 Å². The van der Waals surface area contributed by atoms with E-state index in [9.17, 15) is 10.1 Å². The molecule has 2 fully saturated rings. The second-order valence-corrected chi connectivity index (χ2v) is 10.9. The highest BCUT2D eigenvalue weighted by atomic mass is 35.5. The lowest BCUT2D eigenvalue weighted by molar-refractivity contribution is -0.135. The molecule has 7 nitrogen and oxygen atoms in total. The Morgan fingerprint density at radius 3 is 2.47 bits per heavy atom. The van der Waals surface area contributed by atoms with Gasteiger partial charge in [-0.05, 0) is 55.7 Å². The highest BCUT2D eigenvalue weighted by Crippen LogP contribution is 2.38. The summed E-state index contributed by atoms with van der Waals surface area (Å²) in [5.41, 5.74) is 1.74. The van der Waals surface area contributed by atoms with Gasteiger partial charge in [0.25, 0.3) is 0 Å². The Kier molecular flexibility index (Phi) is 8.01. The third kappa shape index (κ3) is 5.87. The summed E-state index contributed by atoms with van der Waals surface area (Å²) < 4.78 is 6.21. The Bertz CT molecular complexity index is 1300. The number of halogens is 2. The molecule has 0 aliphatic carbocycles. The number of ether oxygens (including phenoxy) is 1. The molecule has 2 aliphatic rings. The van der Waals surface area contributed by atoms with Crippen LogP contribution in [0.5, 0.6) is 5.88 Å². The second kappa shape index (κ2) is 11.6. The van der Waals surface area contributed by atoms with Gasteiger partial charge in [-0.15, -0.1) is 0 Å². The molecule has 0 bridgehead atoms. The van der Waals surface area contributed by atoms with E-state index >= 15 is 0 Å². The number of anilines is 1. The van der Waals surface area contributed by atoms with Crippen molar-refractivity contribution >= 4 is 34.9 Å². The molecule has 1 amide bonds. The minimum atomic E-state index is -0.164. The van der Waals surface area contributed by atoms with Gasteiger partial charge in [0.05, 0.1) is 16.7 Å². The number of amides is 1. The van der Waals surface area contributed by atoms with E-state index in [4.69, 9.17) is 27.9 Å². The van der Waals surface area contributed by atoms with Crippen molar-refractivity contribution in [2.45, 2.75) is 31.8 Å². The van der Waals surface area contributed by atoms with Crippen molar-refractivity contribution in [1.82, 2.24) is 14.9 Å². The van der Waals surface area contributed by atoms with Crippen molar-refractivity contribution in [3.63, 3.8) is 0 Å². The molecule has 0 unspecified atom stereocenters. The first-order valence-corrected chi connectivity index (χ1v) is 13.6. The number of nitrogens with zero attached hydrogens (tertiary/aromatic N) is 5. The van der Waals surface area contributed by atoms with Crippen LogP contribution in [0.25, 0.3) is 0 Å². The Morgan fingerprint density at radius 1 is 1.05 bits per heavy atom. The van der Waals surface area contributed by atoms with E-state index in [0.717, 1.165) is 37.3 Å². The molecule has 3 aromatic rings. The number of carbonyl (C=O) groups is 1. The largest absolute Gasteiger partial charge is 0.474 e. The highest BCUT2D eigenvalue weighted by Gasteiger charge is 2.42. The van der Waals surface area contributed by atoms with Gasteiger partial charge in [-0.2, -0.15) is 5.26 Å². The van der Waals surface area contributed by atoms with Crippen molar-refractivity contribution in [3.05, 3.63) is 82.1 Å². The van der Waals surface area contributed by atoms with Crippen molar-refractivity contribution in [2.75, 3.05) is 31.1 Å². The van der Waals surface area contributed by atoms with Crippen LogP contribution in [0.15, 0.2) is 60.9 Å². The monoisotopic (exact) mass is 549 g/mol. The van der Waals surface area contributed by atoms with E-state index in [0.29, 0.717) is 34.6 Å². The molecule has 0 saturated carbocycles. The minimum absolute atomic E-state index is 0.0378. The summed E-state index contributed by atoms with van der Waals surface area (Å²) >= 11 is 12.1. The number of piperidine rings is 1. The lowest BCUT2D eigenvalue weighted by Gasteiger charge is -2.34. The topological polar surface area (TPSA) is 82.4 Å². The Labute approximate surface area is 233 Å². The maximum Gasteiger partial charge on any atom is 0.225 e. The number of pyridine rings is 2. The number of nitriles is 1. The zero-order valence-electron chi connectivity index (χ0n) is 21.1. The van der Waals surface area contributed by atoms with Gasteiger partial charge in [-0.25, -0.2) is 9.97 Å². The van der Waals surface area contributed by atoms with Gasteiger partial charge in [0, 0.05) is 67.4 Å². The highest BCUT2D eigenvalue weighted by molar-refractivity contribution is 6.30. The normalized spacial score (nSPS) is 20.7. The molecule has 5 rings (SSSR count). The number of likely N-dealkylation sites (tertiary alicyclic amines) is 1. The van der Waals surface area contributed by atoms with E-state index < -0.39 is 0 Å². The quantitative estimate of drug-likeness (QED) is 0.399. The molecule has 0 N–H and O–H groups in total. The summed E-state index contributed by atoms with van der Waals surface area (Å²) in [5, 5.41) is 10.4. The van der Waals surface area contributed by atoms with E-state index in [1.165, 1.54) is 0 Å². The fourth-order valence-corrected chi connectivity index (χ4v) is 5.77. The SMILES string of the molecule is C[C@H](Oc1ccc(Cl)cn1)[C@H]1CN(C(=O)C2CCN(c3cc(C#N)ccn3)CC2)C[C@@H]1c1ccc(Cl)cc1. The van der Waals surface area contributed by atoms with E-state index in [1.54, 1.807) is 36.7 Å². The van der Waals surface area contributed by atoms with E-state index in [1.807, 2.05) is 36.1 Å². The molecule has 38 heavy (non-hydrogen) atoms. The third-order valence-electron chi connectivity index (χ3n) is 7.63. The molecular weight excluding hydrogens is 521 g/mol. The Hall–Kier alpha value is -3.34. The molecule has 0 spiro atoms. The first-order valence-electron chi connectivity index (χ1n) is 12.8. The second-order valence-electron chi connectivity index (χ2n) is 9.98. The summed E-state index contributed by atoms with van der Waals surface area (Å²) in [4.78, 5) is 26.6. The number of hydrogen-bond acceptors (Lipinski definition) is 6. The number of benzene rings is 1. The van der Waals surface area contributed by atoms with Crippen molar-refractivity contribution in [2.24, 2.45) is 11.8 Å². The summed E-state index contributed by atoms with van der Waals surface area (Å²) in [5.74, 6) is 1.68. The maximum atomic E-state index is 13.7. The van der Waals surface area contributed by atoms with Gasteiger partial charge < -0.3 is 14.5 Å². The van der Waals surface area contributed by atoms with Crippen LogP contribution >= 0.6 is 23.2 Å². The third-order valence-corrected chi connectivity index (χ3v) is 8.10. The predicted molar refractivity (Wildman–Crippen MR) is 147 cm³/mol. The average molecular weight is 550 g/mol. The summed E-state index contributed by atoms with van der Waals surface area (Å²) in [6.07, 6.45) is 4.58. The summed E-state index contributed by atoms with van der Waals surface area (Å²) in [6, 6.07) is 17.1. The average Bonchev–Trinajstić information content (AvgIpc) is 3.40. The lowest BCUT2D eigenvalue weighted by atomic mass is 9.86. The first-order chi connectivity index (χ1) is 18.4. The first kappa shape index (κ1) is 26.3. The molecule has 2 saturated heterocycles. The zero-order valence-corrected chi connectivity index (χ0v) is 22.6. The fourth-order valence-electron chi connectivity index (χ4n) is 5.53. The molecule has 1 aromatic carbocycles. The van der Waals surface area contributed by atoms with Gasteiger partial charge in [-0.1, -0.05) is 35.3 Å². The zero-order chi connectivity index (χ0) is 26.6. The van der Waals surface area contributed by atoms with E-state index in [-0.39, 0.29) is 29.8 Å². The molecular formula is C29H29Cl2N5O2. The van der Waals surface area contributed by atoms with Crippen LogP contribution in [0.3, 0.4) is 0 Å². The molecule has 9 heteroatoms. The van der Waals surface area contributed by atoms with Gasteiger partial charge in [-0.3, -0.25) is 4.79 Å². The van der Waals surface area contributed by atoms with Gasteiger partial charge in [0.2, 0.25) is 11.8 Å². The summed E-state index contributed by atoms with van der Waals surface area (Å²) in [7, 11) is 0. The maximum absolute atomic E-state index is 13.7. The van der Waals surface area contributed by atoms with Crippen LogP contribution < -0.4 is 9.64 Å². The minimum Gasteiger partial charge on any atom is -0.474 e. The fraction of sp³-hybridized carbons (Fsp3) is 0.379. The smallest absolute Gasteiger partial charge is 0.225 e. The lowest BCUT2D eigenvalue weighted by Crippen LogP contribution is -2.42. The molecule has 196 valence electrons. The van der Waals surface area contributed by atoms with E-state index in [2.05, 4.69) is 20.9 Å². The van der Waals surface area contributed by atoms with Crippen molar-refractivity contribution in [1.29, 1.82) is 5.26 Å². The molecule has 2 aliphatic heterocycles. The van der Waals surface area contributed by atoms with Crippen LogP contribution in [0, 0.1) is 23.2 Å². The molecule has 0 radical (unpaired) electrons. The van der Waals surface area contributed by atoms with Gasteiger partial charge in [0.15, 0.2) is 0 Å². The molecule has 2 aromatic heterocycles. The Balaban J connectivity index is 1.28. The Morgan fingerprint density at radius 2 is 1.79 bits per heavy atom. The summed E-state index contributed by atoms with van der Waals surface area (Å²) in [6.45, 7) is 4.76. The van der Waals surface area contributed by atoms with Crippen molar-refractivity contribution in [3.8, 4) is 11.9 Å². The molecule has 3 atom stereocenters. The number of rotatable bonds is 6. The van der Waals surface area contributed by atoms with Crippen LogP contribution in [-0.2, 0) is 4.79 Å². The van der Waals surface area contributed by atoms with Gasteiger partial charge in [0.1, 0.15) is 11.9 Å². The number of carbonyl (C=O) groups excluding carboxylic acids is 1. The van der Waals surface area contributed by atoms with Crippen LogP contribution in [-0.4, -0.2) is 53.1 Å². The number of hydrogen-bond donors (Lipinski definition) is 0. The van der Waals surface area contributed by atoms with Crippen LogP contribution in [0.2, 0.25) is 10.0 Å². The predicted octanol–water partition coefficient (Wildman–Crippen LogP) is 5.58. The van der Waals surface area contributed by atoms with Gasteiger partial charge >= 0.3 is 0 Å². The number of aromatic nitrogens is 2. The van der Waals surface area contributed by atoms with Crippen molar-refractivity contribution < 1.29 is 9.53 Å². The standard InChI is InChI=1S/C29H29Cl2N5O2/c1-19(38-28-7-6-24(31)16-34-28)25-17-36(18-26(25)21-2-4-23(30)5-3-21)29(37)22-9-12-35(13-10-22)27-14-20(15-32)8-11-33-27/h2-8,11,14,16,19,22,25-26H,9-10,12-13,17-18H2,1H3/t19-,25+,26+/m0/s1. The van der Waals surface area contributed by atoms with Crippen LogP contribution in [0.1, 0.15) is 36.8 Å². The molecule has 4 heterocycles.